The monoisotopic (exact) mass is 324 g/mol. The highest BCUT2D eigenvalue weighted by molar-refractivity contribution is 6.35. The van der Waals surface area contributed by atoms with Gasteiger partial charge in [0.15, 0.2) is 0 Å². The Morgan fingerprint density at radius 2 is 1.86 bits per heavy atom. The van der Waals surface area contributed by atoms with E-state index in [1.807, 2.05) is 6.92 Å². The van der Waals surface area contributed by atoms with Crippen LogP contribution in [0.1, 0.15) is 23.8 Å². The van der Waals surface area contributed by atoms with Crippen LogP contribution in [0.4, 0.5) is 11.5 Å². The largest absolute Gasteiger partial charge is 0.351 e. The van der Waals surface area contributed by atoms with Crippen molar-refractivity contribution in [2.75, 3.05) is 11.9 Å². The number of anilines is 2. The van der Waals surface area contributed by atoms with Gasteiger partial charge in [-0.25, -0.2) is 9.97 Å². The van der Waals surface area contributed by atoms with Crippen molar-refractivity contribution >= 4 is 40.6 Å². The average Bonchev–Trinajstić information content (AvgIpc) is 2.44. The molecule has 0 atom stereocenters. The van der Waals surface area contributed by atoms with Crippen LogP contribution < -0.4 is 10.6 Å². The molecule has 0 radical (unpaired) electrons. The molecule has 0 bridgehead atoms. The van der Waals surface area contributed by atoms with Gasteiger partial charge >= 0.3 is 0 Å². The molecular formula is C14H14Cl2N4O. The van der Waals surface area contributed by atoms with Crippen LogP contribution in [0.3, 0.4) is 0 Å². The molecule has 1 heterocycles. The maximum atomic E-state index is 11.7. The lowest BCUT2D eigenvalue weighted by Gasteiger charge is -2.07. The lowest BCUT2D eigenvalue weighted by atomic mass is 10.3. The summed E-state index contributed by atoms with van der Waals surface area (Å²) in [5.41, 5.74) is 0.975. The fourth-order valence-electron chi connectivity index (χ4n) is 1.61. The number of nitrogens with one attached hydrogen (secondary N) is 2. The summed E-state index contributed by atoms with van der Waals surface area (Å²) in [5, 5.41) is 6.80. The normalized spacial score (nSPS) is 10.2. The van der Waals surface area contributed by atoms with Crippen LogP contribution >= 0.6 is 23.2 Å². The van der Waals surface area contributed by atoms with Crippen LogP contribution in [0.2, 0.25) is 10.0 Å². The van der Waals surface area contributed by atoms with Gasteiger partial charge in [-0.05, 0) is 24.6 Å². The van der Waals surface area contributed by atoms with Crippen molar-refractivity contribution in [1.82, 2.24) is 15.3 Å². The molecule has 5 nitrogen and oxygen atoms in total. The molecular weight excluding hydrogens is 311 g/mol. The first kappa shape index (κ1) is 15.5. The van der Waals surface area contributed by atoms with E-state index in [0.717, 1.165) is 6.42 Å². The SMILES string of the molecule is CCCNC(=O)c1cnc(Nc2cc(Cl)cc(Cl)c2)cn1. The Hall–Kier alpha value is -1.85. The highest BCUT2D eigenvalue weighted by Gasteiger charge is 2.07. The van der Waals surface area contributed by atoms with Gasteiger partial charge in [-0.1, -0.05) is 30.1 Å². The second kappa shape index (κ2) is 7.24. The van der Waals surface area contributed by atoms with E-state index in [1.54, 1.807) is 18.2 Å². The topological polar surface area (TPSA) is 66.9 Å². The third kappa shape index (κ3) is 4.58. The van der Waals surface area contributed by atoms with Crippen molar-refractivity contribution in [1.29, 1.82) is 0 Å². The number of hydrogen-bond acceptors (Lipinski definition) is 4. The molecule has 0 saturated heterocycles. The second-order valence-corrected chi connectivity index (χ2v) is 5.20. The number of halogens is 2. The van der Waals surface area contributed by atoms with Gasteiger partial charge in [0.2, 0.25) is 0 Å². The molecule has 110 valence electrons. The van der Waals surface area contributed by atoms with Gasteiger partial charge in [-0.3, -0.25) is 4.79 Å². The van der Waals surface area contributed by atoms with E-state index in [-0.39, 0.29) is 11.6 Å². The van der Waals surface area contributed by atoms with Gasteiger partial charge in [0, 0.05) is 22.3 Å². The predicted molar refractivity (Wildman–Crippen MR) is 84.4 cm³/mol. The van der Waals surface area contributed by atoms with E-state index in [0.29, 0.717) is 28.1 Å². The van der Waals surface area contributed by atoms with E-state index in [9.17, 15) is 4.79 Å². The molecule has 0 aliphatic heterocycles. The summed E-state index contributed by atoms with van der Waals surface area (Å²) in [4.78, 5) is 19.9. The number of nitrogens with zero attached hydrogens (tertiary/aromatic N) is 2. The predicted octanol–water partition coefficient (Wildman–Crippen LogP) is 3.67. The molecule has 2 N–H and O–H groups in total. The summed E-state index contributed by atoms with van der Waals surface area (Å²) in [7, 11) is 0. The summed E-state index contributed by atoms with van der Waals surface area (Å²) in [6.07, 6.45) is 3.77. The molecule has 1 aromatic carbocycles. The molecule has 0 fully saturated rings. The molecule has 0 spiro atoms. The lowest BCUT2D eigenvalue weighted by Crippen LogP contribution is -2.25. The van der Waals surface area contributed by atoms with Crippen LogP contribution in [0.5, 0.6) is 0 Å². The molecule has 2 aromatic rings. The molecule has 21 heavy (non-hydrogen) atoms. The van der Waals surface area contributed by atoms with Gasteiger partial charge in [-0.15, -0.1) is 0 Å². The fraction of sp³-hybridized carbons (Fsp3) is 0.214. The second-order valence-electron chi connectivity index (χ2n) is 4.33. The highest BCUT2D eigenvalue weighted by atomic mass is 35.5. The van der Waals surface area contributed by atoms with Crippen LogP contribution in [0.15, 0.2) is 30.6 Å². The Labute approximate surface area is 132 Å². The van der Waals surface area contributed by atoms with E-state index in [2.05, 4.69) is 20.6 Å². The Morgan fingerprint density at radius 1 is 1.14 bits per heavy atom. The van der Waals surface area contributed by atoms with Gasteiger partial charge in [0.05, 0.1) is 12.4 Å². The number of aromatic nitrogens is 2. The van der Waals surface area contributed by atoms with Crippen LogP contribution in [-0.2, 0) is 0 Å². The summed E-state index contributed by atoms with van der Waals surface area (Å²) in [6.45, 7) is 2.59. The molecule has 0 aliphatic carbocycles. The number of carbonyl (C=O) groups is 1. The average molecular weight is 325 g/mol. The third-order valence-corrected chi connectivity index (χ3v) is 2.99. The molecule has 1 aromatic heterocycles. The van der Waals surface area contributed by atoms with Crippen LogP contribution in [0.25, 0.3) is 0 Å². The van der Waals surface area contributed by atoms with Crippen molar-refractivity contribution in [2.45, 2.75) is 13.3 Å². The minimum absolute atomic E-state index is 0.235. The first-order valence-corrected chi connectivity index (χ1v) is 7.17. The van der Waals surface area contributed by atoms with Crippen molar-refractivity contribution in [3.63, 3.8) is 0 Å². The number of benzene rings is 1. The first-order chi connectivity index (χ1) is 10.1. The van der Waals surface area contributed by atoms with E-state index >= 15 is 0 Å². The van der Waals surface area contributed by atoms with E-state index < -0.39 is 0 Å². The van der Waals surface area contributed by atoms with Crippen LogP contribution in [-0.4, -0.2) is 22.4 Å². The lowest BCUT2D eigenvalue weighted by molar-refractivity contribution is 0.0948. The first-order valence-electron chi connectivity index (χ1n) is 6.42. The summed E-state index contributed by atoms with van der Waals surface area (Å²) in [5.74, 6) is 0.266. The zero-order valence-corrected chi connectivity index (χ0v) is 12.9. The van der Waals surface area contributed by atoms with Gasteiger partial charge in [-0.2, -0.15) is 0 Å². The molecule has 2 rings (SSSR count). The number of hydrogen-bond donors (Lipinski definition) is 2. The summed E-state index contributed by atoms with van der Waals surface area (Å²) in [6, 6.07) is 5.08. The van der Waals surface area contributed by atoms with Crippen molar-refractivity contribution in [2.24, 2.45) is 0 Å². The molecule has 0 unspecified atom stereocenters. The summed E-state index contributed by atoms with van der Waals surface area (Å²) < 4.78 is 0. The zero-order valence-electron chi connectivity index (χ0n) is 11.4. The zero-order chi connectivity index (χ0) is 15.2. The number of carbonyl (C=O) groups excluding carboxylic acids is 1. The van der Waals surface area contributed by atoms with Crippen molar-refractivity contribution in [3.8, 4) is 0 Å². The van der Waals surface area contributed by atoms with Crippen molar-refractivity contribution in [3.05, 3.63) is 46.3 Å². The molecule has 1 amide bonds. The minimum atomic E-state index is -0.235. The Bertz CT molecular complexity index is 611. The third-order valence-electron chi connectivity index (χ3n) is 2.55. The molecule has 0 saturated carbocycles. The number of rotatable bonds is 5. The van der Waals surface area contributed by atoms with Gasteiger partial charge in [0.25, 0.3) is 5.91 Å². The van der Waals surface area contributed by atoms with Gasteiger partial charge in [0.1, 0.15) is 11.5 Å². The minimum Gasteiger partial charge on any atom is -0.351 e. The highest BCUT2D eigenvalue weighted by Crippen LogP contribution is 2.24. The van der Waals surface area contributed by atoms with Gasteiger partial charge < -0.3 is 10.6 Å². The molecule has 0 aliphatic rings. The number of amides is 1. The van der Waals surface area contributed by atoms with Crippen LogP contribution in [0, 0.1) is 0 Å². The Morgan fingerprint density at radius 3 is 2.43 bits per heavy atom. The summed E-state index contributed by atoms with van der Waals surface area (Å²) >= 11 is 11.8. The standard InChI is InChI=1S/C14H14Cl2N4O/c1-2-3-17-14(21)12-7-19-13(8-18-12)20-11-5-9(15)4-10(16)6-11/h4-8H,2-3H2,1H3,(H,17,21)(H,19,20). The quantitative estimate of drug-likeness (QED) is 0.880. The fourth-order valence-corrected chi connectivity index (χ4v) is 2.14. The Balaban J connectivity index is 2.07. The maximum absolute atomic E-state index is 11.7. The van der Waals surface area contributed by atoms with E-state index in [1.165, 1.54) is 12.4 Å². The molecule has 7 heteroatoms. The maximum Gasteiger partial charge on any atom is 0.271 e. The smallest absolute Gasteiger partial charge is 0.271 e. The Kier molecular flexibility index (Phi) is 5.36. The van der Waals surface area contributed by atoms with Crippen molar-refractivity contribution < 1.29 is 4.79 Å². The van der Waals surface area contributed by atoms with E-state index in [4.69, 9.17) is 23.2 Å².